The second-order valence-corrected chi connectivity index (χ2v) is 6.80. The minimum absolute atomic E-state index is 0.269. The van der Waals surface area contributed by atoms with E-state index < -0.39 is 20.8 Å². The van der Waals surface area contributed by atoms with E-state index in [0.29, 0.717) is 34.4 Å². The fourth-order valence-corrected chi connectivity index (χ4v) is 3.42. The molecule has 0 radical (unpaired) electrons. The lowest BCUT2D eigenvalue weighted by Crippen LogP contribution is -1.99. The first-order valence-electron chi connectivity index (χ1n) is 5.44. The van der Waals surface area contributed by atoms with Crippen molar-refractivity contribution in [1.82, 2.24) is 0 Å². The third-order valence-corrected chi connectivity index (χ3v) is 4.65. The summed E-state index contributed by atoms with van der Waals surface area (Å²) in [4.78, 5) is -0.0675. The van der Waals surface area contributed by atoms with Crippen molar-refractivity contribution in [2.24, 2.45) is 0 Å². The highest BCUT2D eigenvalue weighted by molar-refractivity contribution is 7.95. The summed E-state index contributed by atoms with van der Waals surface area (Å²) in [5.74, 6) is -0.679. The van der Waals surface area contributed by atoms with Gasteiger partial charge in [0.1, 0.15) is 10.6 Å². The van der Waals surface area contributed by atoms with Crippen molar-refractivity contribution >= 4 is 45.0 Å². The van der Waals surface area contributed by atoms with Crippen LogP contribution >= 0.6 is 24.1 Å². The van der Waals surface area contributed by atoms with Crippen LogP contribution in [0, 0.1) is 0 Å². The molecule has 0 aromatic heterocycles. The molecule has 4 N–H and O–H groups in total. The lowest BCUT2D eigenvalue weighted by Gasteiger charge is -2.10. The summed E-state index contributed by atoms with van der Waals surface area (Å²) in [6.45, 7) is 0. The summed E-state index contributed by atoms with van der Waals surface area (Å²) >= 11 is 1.13. The van der Waals surface area contributed by atoms with Crippen LogP contribution in [0.2, 0.25) is 0 Å². The molecule has 0 saturated carbocycles. The maximum absolute atomic E-state index is 11.2. The van der Waals surface area contributed by atoms with Gasteiger partial charge in [-0.15, -0.1) is 8.67 Å². The molecule has 0 heterocycles. The number of phenols is 1. The van der Waals surface area contributed by atoms with Crippen molar-refractivity contribution in [3.05, 3.63) is 24.3 Å². The second-order valence-electron chi connectivity index (χ2n) is 3.89. The van der Waals surface area contributed by atoms with Crippen molar-refractivity contribution < 1.29 is 47.3 Å². The first-order valence-corrected chi connectivity index (χ1v) is 8.37. The van der Waals surface area contributed by atoms with Gasteiger partial charge in [0.2, 0.25) is 0 Å². The van der Waals surface area contributed by atoms with Crippen LogP contribution in [0.15, 0.2) is 39.0 Å². The molecule has 2 aromatic carbocycles. The number of fused-ring (bicyclic) bond motifs is 1. The molecule has 23 heavy (non-hydrogen) atoms. The zero-order valence-electron chi connectivity index (χ0n) is 10.8. The molecular weight excluding hydrogens is 376 g/mol. The maximum Gasteiger partial charge on any atom is 0.298 e. The normalized spacial score (nSPS) is 12.0. The largest absolute Gasteiger partial charge is 0.506 e. The molecule has 2 aromatic rings. The lowest BCUT2D eigenvalue weighted by molar-refractivity contribution is -0.432. The molecule has 0 bridgehead atoms. The third kappa shape index (κ3) is 4.45. The molecule has 0 amide bonds. The minimum Gasteiger partial charge on any atom is -0.506 e. The molecule has 13 heteroatoms. The van der Waals surface area contributed by atoms with E-state index in [9.17, 15) is 13.5 Å². The van der Waals surface area contributed by atoms with Crippen molar-refractivity contribution in [2.75, 3.05) is 0 Å². The van der Waals surface area contributed by atoms with E-state index in [1.807, 2.05) is 0 Å². The Labute approximate surface area is 137 Å². The van der Waals surface area contributed by atoms with E-state index in [1.54, 1.807) is 0 Å². The van der Waals surface area contributed by atoms with Crippen LogP contribution in [0.3, 0.4) is 0 Å². The average molecular weight is 384 g/mol. The fraction of sp³-hybridized carbons (Fsp3) is 0. The lowest BCUT2D eigenvalue weighted by atomic mass is 10.1. The van der Waals surface area contributed by atoms with Gasteiger partial charge >= 0.3 is 0 Å². The summed E-state index contributed by atoms with van der Waals surface area (Å²) in [7, 11) is -4.64. The van der Waals surface area contributed by atoms with Gasteiger partial charge in [-0.3, -0.25) is 4.55 Å². The summed E-state index contributed by atoms with van der Waals surface area (Å²) in [5.41, 5.74) is 0. The van der Waals surface area contributed by atoms with Crippen LogP contribution in [-0.2, 0) is 28.9 Å². The van der Waals surface area contributed by atoms with Crippen LogP contribution in [0.1, 0.15) is 0 Å². The molecule has 2 rings (SSSR count). The Morgan fingerprint density at radius 3 is 2.22 bits per heavy atom. The highest BCUT2D eigenvalue weighted by Crippen LogP contribution is 2.38. The predicted octanol–water partition coefficient (Wildman–Crippen LogP) is 2.65. The smallest absolute Gasteiger partial charge is 0.298 e. The van der Waals surface area contributed by atoms with Gasteiger partial charge in [-0.2, -0.15) is 8.42 Å². The van der Waals surface area contributed by atoms with E-state index in [2.05, 4.69) is 18.7 Å². The summed E-state index contributed by atoms with van der Waals surface area (Å²) in [5, 5.41) is 33.7. The average Bonchev–Trinajstić information content (AvgIpc) is 2.49. The van der Waals surface area contributed by atoms with Gasteiger partial charge in [0.15, 0.2) is 0 Å². The summed E-state index contributed by atoms with van der Waals surface area (Å²) in [6.07, 6.45) is 0. The SMILES string of the molecule is O=S(=O)(O)c1cc2cc(SOOO)cc(SOOO)c2cc1O. The Morgan fingerprint density at radius 2 is 1.61 bits per heavy atom. The van der Waals surface area contributed by atoms with Crippen molar-refractivity contribution in [1.29, 1.82) is 0 Å². The molecular formula is C10H8O10S3. The molecule has 0 aliphatic heterocycles. The first kappa shape index (κ1) is 18.2. The summed E-state index contributed by atoms with van der Waals surface area (Å²) < 4.78 is 40.2. The number of aromatic hydroxyl groups is 1. The molecule has 0 aliphatic carbocycles. The van der Waals surface area contributed by atoms with Crippen LogP contribution in [0.5, 0.6) is 5.75 Å². The predicted molar refractivity (Wildman–Crippen MR) is 76.7 cm³/mol. The van der Waals surface area contributed by atoms with Crippen molar-refractivity contribution in [2.45, 2.75) is 14.7 Å². The minimum atomic E-state index is -4.64. The standard InChI is InChI=1S/C10H8O10S3/c11-8-4-7-5(2-10(8)23(14,15)16)1-6(21-19-17-12)3-9(7)22-20-18-13/h1-4,11-13H,(H,14,15,16). The van der Waals surface area contributed by atoms with E-state index in [1.165, 1.54) is 12.1 Å². The van der Waals surface area contributed by atoms with Crippen molar-refractivity contribution in [3.8, 4) is 5.75 Å². The van der Waals surface area contributed by atoms with E-state index in [0.717, 1.165) is 12.1 Å². The van der Waals surface area contributed by atoms with Crippen LogP contribution in [-0.4, -0.2) is 28.6 Å². The molecule has 0 aliphatic rings. The quantitative estimate of drug-likeness (QED) is 0.240. The Morgan fingerprint density at radius 1 is 0.957 bits per heavy atom. The van der Waals surface area contributed by atoms with Gasteiger partial charge in [-0.25, -0.2) is 10.5 Å². The molecule has 10 nitrogen and oxygen atoms in total. The highest BCUT2D eigenvalue weighted by atomic mass is 32.2. The monoisotopic (exact) mass is 384 g/mol. The number of rotatable bonds is 7. The van der Waals surface area contributed by atoms with Gasteiger partial charge in [-0.05, 0) is 29.7 Å². The Bertz CT molecular complexity index is 806. The van der Waals surface area contributed by atoms with Crippen LogP contribution in [0.25, 0.3) is 10.8 Å². The van der Waals surface area contributed by atoms with Crippen LogP contribution < -0.4 is 0 Å². The van der Waals surface area contributed by atoms with E-state index in [-0.39, 0.29) is 10.3 Å². The van der Waals surface area contributed by atoms with Gasteiger partial charge in [0.05, 0.1) is 24.1 Å². The number of benzene rings is 2. The number of hydrogen-bond acceptors (Lipinski definition) is 11. The summed E-state index contributed by atoms with van der Waals surface area (Å²) in [6, 6.07) is 4.98. The molecule has 126 valence electrons. The Kier molecular flexibility index (Phi) is 6.04. The third-order valence-electron chi connectivity index (χ3n) is 2.56. The topological polar surface area (TPSA) is 152 Å². The van der Waals surface area contributed by atoms with E-state index >= 15 is 0 Å². The van der Waals surface area contributed by atoms with Gasteiger partial charge in [0.25, 0.3) is 10.1 Å². The fourth-order valence-electron chi connectivity index (χ4n) is 1.75. The molecule has 0 saturated heterocycles. The van der Waals surface area contributed by atoms with Crippen molar-refractivity contribution in [3.63, 3.8) is 0 Å². The highest BCUT2D eigenvalue weighted by Gasteiger charge is 2.18. The number of hydrogen-bond donors (Lipinski definition) is 4. The van der Waals surface area contributed by atoms with Crippen LogP contribution in [0.4, 0.5) is 0 Å². The van der Waals surface area contributed by atoms with E-state index in [4.69, 9.17) is 15.1 Å². The van der Waals surface area contributed by atoms with Gasteiger partial charge < -0.3 is 5.11 Å². The molecule has 0 unspecified atom stereocenters. The zero-order chi connectivity index (χ0) is 17.0. The Balaban J connectivity index is 2.63. The van der Waals surface area contributed by atoms with Gasteiger partial charge in [0, 0.05) is 15.2 Å². The molecule has 0 atom stereocenters. The first-order chi connectivity index (χ1) is 10.9. The Hall–Kier alpha value is -1.13. The zero-order valence-corrected chi connectivity index (χ0v) is 13.2. The maximum atomic E-state index is 11.2. The molecule has 0 spiro atoms. The van der Waals surface area contributed by atoms with Gasteiger partial charge in [-0.1, -0.05) is 10.1 Å². The second kappa shape index (κ2) is 7.63. The molecule has 0 fully saturated rings. The number of phenolic OH excluding ortho intramolecular Hbond substituents is 1.